The van der Waals surface area contributed by atoms with E-state index in [1.807, 2.05) is 6.92 Å². The summed E-state index contributed by atoms with van der Waals surface area (Å²) in [7, 11) is 0. The zero-order valence-electron chi connectivity index (χ0n) is 12.9. The molecule has 2 rings (SSSR count). The van der Waals surface area contributed by atoms with Crippen LogP contribution in [0.15, 0.2) is 11.2 Å². The van der Waals surface area contributed by atoms with Crippen LogP contribution in [0.5, 0.6) is 0 Å². The standard InChI is InChI=1S/C13H19N7OS2/c1-3-5-10-19-20-13(23-10)18-11(21)7(4-2)22-12-16-8(14)6-9(15)17-12/h6-7H,3-5H2,1-2H3,(H,18,20,21)(H4,14,15,16,17)/t7-/m0/s1. The Labute approximate surface area is 142 Å². The fraction of sp³-hybridized carbons (Fsp3) is 0.462. The SMILES string of the molecule is CCCc1nnc(NC(=O)[C@H](CC)Sc2nc(N)cc(N)n2)s1. The molecular formula is C13H19N7OS2. The number of aryl methyl sites for hydroxylation is 1. The van der Waals surface area contributed by atoms with E-state index in [1.165, 1.54) is 29.2 Å². The molecule has 0 fully saturated rings. The molecule has 0 aliphatic heterocycles. The Balaban J connectivity index is 2.02. The summed E-state index contributed by atoms with van der Waals surface area (Å²) < 4.78 is 0. The van der Waals surface area contributed by atoms with E-state index in [1.54, 1.807) is 0 Å². The summed E-state index contributed by atoms with van der Waals surface area (Å²) in [5, 5.41) is 12.2. The van der Waals surface area contributed by atoms with Crippen molar-refractivity contribution in [2.45, 2.75) is 43.5 Å². The first kappa shape index (κ1) is 17.4. The predicted molar refractivity (Wildman–Crippen MR) is 93.3 cm³/mol. The summed E-state index contributed by atoms with van der Waals surface area (Å²) >= 11 is 2.61. The number of anilines is 3. The van der Waals surface area contributed by atoms with E-state index in [2.05, 4.69) is 32.4 Å². The van der Waals surface area contributed by atoms with E-state index < -0.39 is 0 Å². The highest BCUT2D eigenvalue weighted by Gasteiger charge is 2.21. The first-order chi connectivity index (χ1) is 11.0. The van der Waals surface area contributed by atoms with Crippen LogP contribution in [-0.2, 0) is 11.2 Å². The first-order valence-corrected chi connectivity index (χ1v) is 8.91. The van der Waals surface area contributed by atoms with Crippen LogP contribution >= 0.6 is 23.1 Å². The Kier molecular flexibility index (Phi) is 6.11. The molecule has 0 saturated heterocycles. The summed E-state index contributed by atoms with van der Waals surface area (Å²) in [4.78, 5) is 20.5. The van der Waals surface area contributed by atoms with Gasteiger partial charge in [0.15, 0.2) is 5.16 Å². The van der Waals surface area contributed by atoms with E-state index in [0.717, 1.165) is 17.8 Å². The molecule has 1 amide bonds. The number of carbonyl (C=O) groups excluding carboxylic acids is 1. The third-order valence-corrected chi connectivity index (χ3v) is 4.94. The van der Waals surface area contributed by atoms with Crippen LogP contribution < -0.4 is 16.8 Å². The molecule has 0 unspecified atom stereocenters. The highest BCUT2D eigenvalue weighted by molar-refractivity contribution is 8.00. The van der Waals surface area contributed by atoms with E-state index in [-0.39, 0.29) is 22.8 Å². The largest absolute Gasteiger partial charge is 0.383 e. The molecule has 0 spiro atoms. The van der Waals surface area contributed by atoms with Gasteiger partial charge in [-0.1, -0.05) is 36.9 Å². The number of aromatic nitrogens is 4. The lowest BCUT2D eigenvalue weighted by molar-refractivity contribution is -0.115. The highest BCUT2D eigenvalue weighted by atomic mass is 32.2. The van der Waals surface area contributed by atoms with Gasteiger partial charge in [0, 0.05) is 12.5 Å². The second kappa shape index (κ2) is 8.06. The summed E-state index contributed by atoms with van der Waals surface area (Å²) in [6.07, 6.45) is 2.45. The van der Waals surface area contributed by atoms with Gasteiger partial charge in [0.05, 0.1) is 5.25 Å². The molecule has 0 aliphatic rings. The molecule has 23 heavy (non-hydrogen) atoms. The summed E-state index contributed by atoms with van der Waals surface area (Å²) in [5.41, 5.74) is 11.3. The second-order valence-electron chi connectivity index (χ2n) is 4.76. The Bertz CT molecular complexity index is 656. The van der Waals surface area contributed by atoms with Crippen molar-refractivity contribution in [1.82, 2.24) is 20.2 Å². The minimum atomic E-state index is -0.366. The second-order valence-corrected chi connectivity index (χ2v) is 6.99. The number of nitrogens with zero attached hydrogens (tertiary/aromatic N) is 4. The van der Waals surface area contributed by atoms with Crippen LogP contribution in [0, 0.1) is 0 Å². The number of amides is 1. The molecule has 2 aromatic rings. The summed E-state index contributed by atoms with van der Waals surface area (Å²) in [6, 6.07) is 1.47. The Hall–Kier alpha value is -1.94. The number of thioether (sulfide) groups is 1. The van der Waals surface area contributed by atoms with Gasteiger partial charge in [0.1, 0.15) is 16.6 Å². The first-order valence-electron chi connectivity index (χ1n) is 7.21. The van der Waals surface area contributed by atoms with Crippen LogP contribution in [0.2, 0.25) is 0 Å². The molecule has 2 heterocycles. The van der Waals surface area contributed by atoms with Crippen molar-refractivity contribution in [2.24, 2.45) is 0 Å². The van der Waals surface area contributed by atoms with E-state index in [4.69, 9.17) is 11.5 Å². The van der Waals surface area contributed by atoms with Crippen molar-refractivity contribution in [3.8, 4) is 0 Å². The Morgan fingerprint density at radius 2 is 2.00 bits per heavy atom. The minimum Gasteiger partial charge on any atom is -0.383 e. The number of rotatable bonds is 7. The number of hydrogen-bond acceptors (Lipinski definition) is 9. The lowest BCUT2D eigenvalue weighted by Crippen LogP contribution is -2.24. The lowest BCUT2D eigenvalue weighted by atomic mass is 10.3. The van der Waals surface area contributed by atoms with Crippen molar-refractivity contribution in [2.75, 3.05) is 16.8 Å². The van der Waals surface area contributed by atoms with Crippen LogP contribution in [-0.4, -0.2) is 31.3 Å². The Morgan fingerprint density at radius 1 is 1.30 bits per heavy atom. The predicted octanol–water partition coefficient (Wildman–Crippen LogP) is 1.95. The third-order valence-electron chi connectivity index (χ3n) is 2.82. The molecule has 5 N–H and O–H groups in total. The van der Waals surface area contributed by atoms with Gasteiger partial charge < -0.3 is 11.5 Å². The molecule has 2 aromatic heterocycles. The maximum Gasteiger partial charge on any atom is 0.239 e. The molecular weight excluding hydrogens is 334 g/mol. The third kappa shape index (κ3) is 5.03. The number of nitrogen functional groups attached to an aromatic ring is 2. The molecule has 8 nitrogen and oxygen atoms in total. The van der Waals surface area contributed by atoms with Gasteiger partial charge in [-0.2, -0.15) is 0 Å². The fourth-order valence-electron chi connectivity index (χ4n) is 1.77. The van der Waals surface area contributed by atoms with Crippen molar-refractivity contribution >= 4 is 45.8 Å². The molecule has 10 heteroatoms. The molecule has 0 aliphatic carbocycles. The summed E-state index contributed by atoms with van der Waals surface area (Å²) in [6.45, 7) is 3.98. The number of carbonyl (C=O) groups is 1. The van der Waals surface area contributed by atoms with Gasteiger partial charge in [-0.25, -0.2) is 9.97 Å². The topological polar surface area (TPSA) is 133 Å². The smallest absolute Gasteiger partial charge is 0.239 e. The van der Waals surface area contributed by atoms with Gasteiger partial charge in [-0.05, 0) is 12.8 Å². The quantitative estimate of drug-likeness (QED) is 0.508. The molecule has 1 atom stereocenters. The van der Waals surface area contributed by atoms with E-state index in [9.17, 15) is 4.79 Å². The number of nitrogens with two attached hydrogens (primary N) is 2. The maximum atomic E-state index is 12.4. The average Bonchev–Trinajstić information content (AvgIpc) is 2.91. The zero-order valence-corrected chi connectivity index (χ0v) is 14.6. The van der Waals surface area contributed by atoms with Gasteiger partial charge in [0.25, 0.3) is 0 Å². The number of hydrogen-bond donors (Lipinski definition) is 3. The Morgan fingerprint density at radius 3 is 2.61 bits per heavy atom. The van der Waals surface area contributed by atoms with Crippen molar-refractivity contribution < 1.29 is 4.79 Å². The monoisotopic (exact) mass is 353 g/mol. The van der Waals surface area contributed by atoms with Crippen LogP contribution in [0.25, 0.3) is 0 Å². The van der Waals surface area contributed by atoms with Crippen molar-refractivity contribution in [3.63, 3.8) is 0 Å². The molecule has 0 radical (unpaired) electrons. The minimum absolute atomic E-state index is 0.165. The molecule has 124 valence electrons. The normalized spacial score (nSPS) is 12.1. The van der Waals surface area contributed by atoms with Crippen LogP contribution in [0.4, 0.5) is 16.8 Å². The van der Waals surface area contributed by atoms with Crippen molar-refractivity contribution in [3.05, 3.63) is 11.1 Å². The molecule has 0 bridgehead atoms. The van der Waals surface area contributed by atoms with E-state index in [0.29, 0.717) is 16.7 Å². The zero-order chi connectivity index (χ0) is 16.8. The molecule has 0 aromatic carbocycles. The number of nitrogens with one attached hydrogen (secondary N) is 1. The van der Waals surface area contributed by atoms with Crippen LogP contribution in [0.1, 0.15) is 31.7 Å². The average molecular weight is 353 g/mol. The lowest BCUT2D eigenvalue weighted by Gasteiger charge is -2.12. The maximum absolute atomic E-state index is 12.4. The van der Waals surface area contributed by atoms with E-state index >= 15 is 0 Å². The fourth-order valence-corrected chi connectivity index (χ4v) is 3.52. The molecule has 0 saturated carbocycles. The van der Waals surface area contributed by atoms with Gasteiger partial charge >= 0.3 is 0 Å². The summed E-state index contributed by atoms with van der Waals surface area (Å²) in [5.74, 6) is 0.397. The van der Waals surface area contributed by atoms with Crippen molar-refractivity contribution in [1.29, 1.82) is 0 Å². The highest BCUT2D eigenvalue weighted by Crippen LogP contribution is 2.25. The van der Waals surface area contributed by atoms with Gasteiger partial charge in [0.2, 0.25) is 11.0 Å². The van der Waals surface area contributed by atoms with Crippen LogP contribution in [0.3, 0.4) is 0 Å². The van der Waals surface area contributed by atoms with Gasteiger partial charge in [-0.15, -0.1) is 10.2 Å². The van der Waals surface area contributed by atoms with Gasteiger partial charge in [-0.3, -0.25) is 10.1 Å².